The van der Waals surface area contributed by atoms with Crippen LogP contribution in [0.5, 0.6) is 0 Å². The average Bonchev–Trinajstić information content (AvgIpc) is 1.87. The maximum absolute atomic E-state index is 4.66. The van der Waals surface area contributed by atoms with Crippen molar-refractivity contribution >= 4 is 0 Å². The van der Waals surface area contributed by atoms with Crippen molar-refractivity contribution in [2.75, 3.05) is 0 Å². The molecule has 0 bridgehead atoms. The molecule has 0 unspecified atom stereocenters. The minimum absolute atomic E-state index is 0. The van der Waals surface area contributed by atoms with Crippen molar-refractivity contribution in [1.82, 2.24) is 5.16 Å². The van der Waals surface area contributed by atoms with Crippen LogP contribution in [0.2, 0.25) is 0 Å². The van der Waals surface area contributed by atoms with E-state index in [1.165, 1.54) is 0 Å². The van der Waals surface area contributed by atoms with Crippen LogP contribution < -0.4 is 24.0 Å². The number of aromatic nitrogens is 1. The molecular weight excluding hydrogens is 282 g/mol. The number of hydrogen-bond donors (Lipinski definition) is 0. The number of nitrogens with zero attached hydrogens (tertiary/aromatic N) is 1. The third-order valence-corrected chi connectivity index (χ3v) is 0.676. The fourth-order valence-electron chi connectivity index (χ4n) is 0.437. The third kappa shape index (κ3) is 4.03. The first-order valence-corrected chi connectivity index (χ1v) is 2.11. The van der Waals surface area contributed by atoms with E-state index in [1.54, 1.807) is 0 Å². The van der Waals surface area contributed by atoms with Crippen molar-refractivity contribution in [1.29, 1.82) is 0 Å². The maximum Gasteiger partial charge on any atom is 2.00 e. The van der Waals surface area contributed by atoms with E-state index in [9.17, 15) is 0 Å². The summed E-state index contributed by atoms with van der Waals surface area (Å²) in [5.74, 6) is 0.748. The zero-order valence-electron chi connectivity index (χ0n) is 5.44. The van der Waals surface area contributed by atoms with Gasteiger partial charge in [-0.15, -0.1) is 5.16 Å². The van der Waals surface area contributed by atoms with Crippen molar-refractivity contribution < 1.29 is 48.0 Å². The van der Waals surface area contributed by atoms with Crippen LogP contribution in [-0.4, -0.2) is 5.16 Å². The summed E-state index contributed by atoms with van der Waals surface area (Å²) in [6.07, 6.45) is 0. The van der Waals surface area contributed by atoms with Crippen LogP contribution in [0.25, 0.3) is 0 Å². The summed E-state index contributed by atoms with van der Waals surface area (Å²) in [6, 6.07) is 2.86. The van der Waals surface area contributed by atoms with Crippen LogP contribution in [0, 0.1) is 19.9 Å². The molecule has 0 amide bonds. The molecule has 1 rings (SSSR count). The summed E-state index contributed by atoms with van der Waals surface area (Å²) in [5, 5.41) is 3.59. The molecule has 0 N–H and O–H groups in total. The van der Waals surface area contributed by atoms with Crippen molar-refractivity contribution in [2.24, 2.45) is 0 Å². The van der Waals surface area contributed by atoms with Crippen molar-refractivity contribution in [2.45, 2.75) is 13.8 Å². The van der Waals surface area contributed by atoms with Crippen molar-refractivity contribution in [3.63, 3.8) is 0 Å². The van der Waals surface area contributed by atoms with Crippen LogP contribution in [0.4, 0.5) is 0 Å². The van der Waals surface area contributed by atoms with E-state index < -0.39 is 0 Å². The number of aryl methyl sites for hydroxylation is 2. The van der Waals surface area contributed by atoms with Crippen LogP contribution in [0.1, 0.15) is 11.5 Å². The van der Waals surface area contributed by atoms with E-state index in [2.05, 4.69) is 15.7 Å². The molecule has 1 aromatic heterocycles. The molecule has 4 heteroatoms. The molecule has 0 aliphatic heterocycles. The van der Waals surface area contributed by atoms with E-state index in [0.717, 1.165) is 11.5 Å². The minimum atomic E-state index is 0. The van der Waals surface area contributed by atoms with Crippen molar-refractivity contribution in [3.8, 4) is 0 Å². The second-order valence-electron chi connectivity index (χ2n) is 1.45. The maximum atomic E-state index is 4.66. The summed E-state index contributed by atoms with van der Waals surface area (Å²) in [4.78, 5) is 0. The molecule has 1 aromatic rings. The monoisotopic (exact) mass is 287 g/mol. The molecule has 2 nitrogen and oxygen atoms in total. The quantitative estimate of drug-likeness (QED) is 0.316. The summed E-state index contributed by atoms with van der Waals surface area (Å²) in [5.41, 5.74) is 0.817. The first-order chi connectivity index (χ1) is 3.29. The average molecular weight is 288 g/mol. The molecule has 9 heavy (non-hydrogen) atoms. The summed E-state index contributed by atoms with van der Waals surface area (Å²) >= 11 is 0. The van der Waals surface area contributed by atoms with E-state index in [0.29, 0.717) is 0 Å². The Labute approximate surface area is 84.2 Å². The standard InChI is InChI=1S/C5H6NO.HI.Zn/c1-4-3-5(2)7-6-4;;/h1-2H3;1H;/q-1;;+2/p-1. The van der Waals surface area contributed by atoms with Gasteiger partial charge in [-0.3, -0.25) is 0 Å². The Morgan fingerprint density at radius 2 is 2.00 bits per heavy atom. The van der Waals surface area contributed by atoms with Gasteiger partial charge in [-0.2, -0.15) is 0 Å². The third-order valence-electron chi connectivity index (χ3n) is 0.676. The molecule has 0 radical (unpaired) electrons. The molecule has 0 saturated heterocycles. The first kappa shape index (κ1) is 12.3. The predicted molar refractivity (Wildman–Crippen MR) is 24.8 cm³/mol. The Morgan fingerprint density at radius 1 is 1.44 bits per heavy atom. The molecule has 0 aromatic carbocycles. The zero-order chi connectivity index (χ0) is 5.28. The van der Waals surface area contributed by atoms with Gasteiger partial charge in [0.2, 0.25) is 0 Å². The molecule has 0 aliphatic carbocycles. The molecule has 0 saturated carbocycles. The van der Waals surface area contributed by atoms with E-state index >= 15 is 0 Å². The van der Waals surface area contributed by atoms with Crippen LogP contribution in [0.3, 0.4) is 0 Å². The topological polar surface area (TPSA) is 26.0 Å². The fraction of sp³-hybridized carbons (Fsp3) is 0.400. The molecule has 1 heterocycles. The number of hydrogen-bond acceptors (Lipinski definition) is 2. The molecule has 0 fully saturated rings. The van der Waals surface area contributed by atoms with Crippen LogP contribution in [0.15, 0.2) is 4.52 Å². The molecule has 0 aliphatic rings. The van der Waals surface area contributed by atoms with Gasteiger partial charge in [0.15, 0.2) is 0 Å². The van der Waals surface area contributed by atoms with Gasteiger partial charge >= 0.3 is 19.5 Å². The van der Waals surface area contributed by atoms with Gasteiger partial charge in [0.05, 0.1) is 0 Å². The summed E-state index contributed by atoms with van der Waals surface area (Å²) < 4.78 is 4.66. The second-order valence-corrected chi connectivity index (χ2v) is 1.45. The Hall–Kier alpha value is 0.563. The fourth-order valence-corrected chi connectivity index (χ4v) is 0.437. The van der Waals surface area contributed by atoms with Gasteiger partial charge < -0.3 is 34.6 Å². The molecular formula is C5H6INOZn. The Kier molecular flexibility index (Phi) is 7.30. The number of halogens is 1. The Bertz CT molecular complexity index is 149. The number of rotatable bonds is 0. The minimum Gasteiger partial charge on any atom is -1.00 e. The van der Waals surface area contributed by atoms with Crippen LogP contribution in [-0.2, 0) is 19.5 Å². The van der Waals surface area contributed by atoms with Gasteiger partial charge in [-0.1, -0.05) is 12.6 Å². The van der Waals surface area contributed by atoms with E-state index in [-0.39, 0.29) is 43.5 Å². The van der Waals surface area contributed by atoms with E-state index in [1.807, 2.05) is 13.8 Å². The van der Waals surface area contributed by atoms with Gasteiger partial charge in [0, 0.05) is 0 Å². The smallest absolute Gasteiger partial charge is 1.00 e. The first-order valence-electron chi connectivity index (χ1n) is 2.11. The second kappa shape index (κ2) is 5.36. The van der Waals surface area contributed by atoms with Gasteiger partial charge in [-0.25, -0.2) is 0 Å². The van der Waals surface area contributed by atoms with E-state index in [4.69, 9.17) is 0 Å². The summed E-state index contributed by atoms with van der Waals surface area (Å²) in [7, 11) is 0. The van der Waals surface area contributed by atoms with Gasteiger partial charge in [-0.05, 0) is 12.7 Å². The Balaban J connectivity index is 0. The molecule has 0 atom stereocenters. The molecule has 0 spiro atoms. The van der Waals surface area contributed by atoms with Gasteiger partial charge in [0.1, 0.15) is 0 Å². The van der Waals surface area contributed by atoms with Crippen molar-refractivity contribution in [3.05, 3.63) is 17.5 Å². The zero-order valence-corrected chi connectivity index (χ0v) is 10.6. The normalized spacial score (nSPS) is 7.33. The predicted octanol–water partition coefficient (Wildman–Crippen LogP) is -1.91. The van der Waals surface area contributed by atoms with Gasteiger partial charge in [0.25, 0.3) is 0 Å². The molecule has 46 valence electrons. The largest absolute Gasteiger partial charge is 2.00 e. The van der Waals surface area contributed by atoms with Crippen LogP contribution >= 0.6 is 0 Å². The SMILES string of the molecule is Cc1[c-]c(C)on1.[I-].[Zn+2]. The summed E-state index contributed by atoms with van der Waals surface area (Å²) in [6.45, 7) is 3.66. The Morgan fingerprint density at radius 3 is 2.11 bits per heavy atom.